The van der Waals surface area contributed by atoms with Crippen molar-refractivity contribution in [3.05, 3.63) is 29.3 Å². The molecule has 0 spiro atoms. The average molecular weight is 278 g/mol. The van der Waals surface area contributed by atoms with Crippen LogP contribution in [-0.4, -0.2) is 37.7 Å². The van der Waals surface area contributed by atoms with E-state index >= 15 is 0 Å². The fraction of sp³-hybridized carbons (Fsp3) is 0.462. The zero-order valence-electron chi connectivity index (χ0n) is 11.2. The molecule has 1 aromatic heterocycles. The predicted molar refractivity (Wildman–Crippen MR) is 75.7 cm³/mol. The molecule has 2 aromatic rings. The van der Waals surface area contributed by atoms with Crippen molar-refractivity contribution in [2.45, 2.75) is 31.8 Å². The number of nitrogens with zero attached hydrogens (tertiary/aromatic N) is 4. The van der Waals surface area contributed by atoms with E-state index in [-0.39, 0.29) is 6.61 Å². The lowest BCUT2D eigenvalue weighted by atomic mass is 10.1. The number of tetrazole rings is 1. The maximum Gasteiger partial charge on any atom is 0.214 e. The van der Waals surface area contributed by atoms with Crippen LogP contribution in [0.25, 0.3) is 5.69 Å². The van der Waals surface area contributed by atoms with Gasteiger partial charge in [0.2, 0.25) is 5.16 Å². The largest absolute Gasteiger partial charge is 0.396 e. The summed E-state index contributed by atoms with van der Waals surface area (Å²) >= 11 is 1.62. The number of thioether (sulfide) groups is 1. The van der Waals surface area contributed by atoms with E-state index in [4.69, 9.17) is 5.11 Å². The summed E-state index contributed by atoms with van der Waals surface area (Å²) in [7, 11) is 0. The first-order chi connectivity index (χ1) is 9.22. The normalized spacial score (nSPS) is 10.9. The molecule has 2 rings (SSSR count). The Morgan fingerprint density at radius 2 is 2.11 bits per heavy atom. The van der Waals surface area contributed by atoms with Crippen molar-refractivity contribution >= 4 is 11.8 Å². The third-order valence-electron chi connectivity index (χ3n) is 2.80. The molecular formula is C13H18N4OS. The van der Waals surface area contributed by atoms with Crippen LogP contribution in [0.15, 0.2) is 23.4 Å². The van der Waals surface area contributed by atoms with Gasteiger partial charge in [-0.3, -0.25) is 0 Å². The Balaban J connectivity index is 2.14. The molecule has 0 radical (unpaired) electrons. The molecule has 1 heterocycles. The quantitative estimate of drug-likeness (QED) is 0.648. The minimum Gasteiger partial charge on any atom is -0.396 e. The molecule has 0 aliphatic rings. The van der Waals surface area contributed by atoms with Crippen molar-refractivity contribution in [1.29, 1.82) is 0 Å². The van der Waals surface area contributed by atoms with E-state index in [1.165, 1.54) is 5.56 Å². The van der Waals surface area contributed by atoms with Crippen LogP contribution in [0.1, 0.15) is 24.0 Å². The summed E-state index contributed by atoms with van der Waals surface area (Å²) in [4.78, 5) is 0. The van der Waals surface area contributed by atoms with E-state index in [9.17, 15) is 0 Å². The highest BCUT2D eigenvalue weighted by atomic mass is 32.2. The number of aryl methyl sites for hydroxylation is 2. The second-order valence-electron chi connectivity index (χ2n) is 4.44. The number of aromatic nitrogens is 4. The van der Waals surface area contributed by atoms with Crippen LogP contribution >= 0.6 is 11.8 Å². The van der Waals surface area contributed by atoms with Crippen molar-refractivity contribution in [2.75, 3.05) is 12.4 Å². The molecule has 5 nitrogen and oxygen atoms in total. The Labute approximate surface area is 117 Å². The number of aliphatic hydroxyl groups excluding tert-OH is 1. The summed E-state index contributed by atoms with van der Waals surface area (Å²) in [6.45, 7) is 4.37. The van der Waals surface area contributed by atoms with Crippen LogP contribution in [0.4, 0.5) is 0 Å². The van der Waals surface area contributed by atoms with Crippen molar-refractivity contribution in [3.8, 4) is 5.69 Å². The first-order valence-corrected chi connectivity index (χ1v) is 7.30. The molecule has 0 saturated carbocycles. The summed E-state index contributed by atoms with van der Waals surface area (Å²) in [5.74, 6) is 0.909. The molecule has 0 fully saturated rings. The van der Waals surface area contributed by atoms with Gasteiger partial charge < -0.3 is 5.11 Å². The predicted octanol–water partition coefficient (Wildman–Crippen LogP) is 2.14. The highest BCUT2D eigenvalue weighted by Gasteiger charge is 2.10. The Morgan fingerprint density at radius 3 is 2.84 bits per heavy atom. The Morgan fingerprint density at radius 1 is 1.26 bits per heavy atom. The van der Waals surface area contributed by atoms with Gasteiger partial charge in [0.1, 0.15) is 0 Å². The monoisotopic (exact) mass is 278 g/mol. The van der Waals surface area contributed by atoms with Gasteiger partial charge in [0, 0.05) is 12.4 Å². The molecule has 0 amide bonds. The van der Waals surface area contributed by atoms with Gasteiger partial charge in [-0.1, -0.05) is 29.5 Å². The molecule has 0 aliphatic carbocycles. The van der Waals surface area contributed by atoms with Crippen molar-refractivity contribution in [3.63, 3.8) is 0 Å². The van der Waals surface area contributed by atoms with Crippen LogP contribution in [0.3, 0.4) is 0 Å². The molecule has 0 saturated heterocycles. The van der Waals surface area contributed by atoms with E-state index in [1.807, 2.05) is 6.07 Å². The first-order valence-electron chi connectivity index (χ1n) is 6.32. The van der Waals surface area contributed by atoms with Crippen molar-refractivity contribution in [2.24, 2.45) is 0 Å². The molecule has 0 aliphatic heterocycles. The highest BCUT2D eigenvalue weighted by Crippen LogP contribution is 2.22. The second kappa shape index (κ2) is 6.68. The standard InChI is InChI=1S/C13H18N4OS/c1-10-5-6-12(11(2)9-10)17-13(14-15-16-17)19-8-4-3-7-18/h5-6,9,18H,3-4,7-8H2,1-2H3. The fourth-order valence-corrected chi connectivity index (χ4v) is 2.72. The smallest absolute Gasteiger partial charge is 0.214 e. The second-order valence-corrected chi connectivity index (χ2v) is 5.50. The molecular weight excluding hydrogens is 260 g/mol. The summed E-state index contributed by atoms with van der Waals surface area (Å²) in [6, 6.07) is 6.22. The van der Waals surface area contributed by atoms with Crippen LogP contribution < -0.4 is 0 Å². The molecule has 19 heavy (non-hydrogen) atoms. The van der Waals surface area contributed by atoms with Gasteiger partial charge in [-0.2, -0.15) is 4.68 Å². The third kappa shape index (κ3) is 3.54. The lowest BCUT2D eigenvalue weighted by molar-refractivity contribution is 0.287. The van der Waals surface area contributed by atoms with Gasteiger partial charge in [-0.05, 0) is 48.7 Å². The zero-order valence-corrected chi connectivity index (χ0v) is 12.0. The Bertz CT molecular complexity index is 541. The fourth-order valence-electron chi connectivity index (χ4n) is 1.84. The number of unbranched alkanes of at least 4 members (excludes halogenated alkanes) is 1. The van der Waals surface area contributed by atoms with E-state index in [0.29, 0.717) is 0 Å². The van der Waals surface area contributed by atoms with E-state index in [1.54, 1.807) is 16.4 Å². The lowest BCUT2D eigenvalue weighted by Crippen LogP contribution is -2.02. The van der Waals surface area contributed by atoms with Gasteiger partial charge >= 0.3 is 0 Å². The van der Waals surface area contributed by atoms with Gasteiger partial charge in [0.25, 0.3) is 0 Å². The molecule has 0 unspecified atom stereocenters. The van der Waals surface area contributed by atoms with Gasteiger partial charge in [-0.15, -0.1) is 5.10 Å². The van der Waals surface area contributed by atoms with Gasteiger partial charge in [-0.25, -0.2) is 0 Å². The summed E-state index contributed by atoms with van der Waals surface area (Å²) in [5, 5.41) is 21.4. The number of benzene rings is 1. The van der Waals surface area contributed by atoms with Crippen LogP contribution in [0.5, 0.6) is 0 Å². The number of aliphatic hydroxyl groups is 1. The van der Waals surface area contributed by atoms with E-state index in [2.05, 4.69) is 41.5 Å². The first kappa shape index (κ1) is 14.0. The molecule has 6 heteroatoms. The minimum absolute atomic E-state index is 0.239. The summed E-state index contributed by atoms with van der Waals surface area (Å²) in [5.41, 5.74) is 3.40. The SMILES string of the molecule is Cc1ccc(-n2nnnc2SCCCCO)c(C)c1. The van der Waals surface area contributed by atoms with Gasteiger partial charge in [0.05, 0.1) is 5.69 Å². The molecule has 1 N–H and O–H groups in total. The maximum atomic E-state index is 8.76. The summed E-state index contributed by atoms with van der Waals surface area (Å²) in [6.07, 6.45) is 1.78. The van der Waals surface area contributed by atoms with Crippen LogP contribution in [-0.2, 0) is 0 Å². The molecule has 0 bridgehead atoms. The van der Waals surface area contributed by atoms with Crippen molar-refractivity contribution in [1.82, 2.24) is 20.2 Å². The maximum absolute atomic E-state index is 8.76. The number of rotatable bonds is 6. The molecule has 1 aromatic carbocycles. The average Bonchev–Trinajstić information content (AvgIpc) is 2.83. The third-order valence-corrected chi connectivity index (χ3v) is 3.81. The van der Waals surface area contributed by atoms with Gasteiger partial charge in [0.15, 0.2) is 0 Å². The molecule has 102 valence electrons. The Hall–Kier alpha value is -1.40. The van der Waals surface area contributed by atoms with Crippen LogP contribution in [0.2, 0.25) is 0 Å². The number of hydrogen-bond acceptors (Lipinski definition) is 5. The highest BCUT2D eigenvalue weighted by molar-refractivity contribution is 7.99. The van der Waals surface area contributed by atoms with E-state index < -0.39 is 0 Å². The molecule has 0 atom stereocenters. The minimum atomic E-state index is 0.239. The number of hydrogen-bond donors (Lipinski definition) is 1. The zero-order chi connectivity index (χ0) is 13.7. The Kier molecular flexibility index (Phi) is 4.93. The topological polar surface area (TPSA) is 63.8 Å². The lowest BCUT2D eigenvalue weighted by Gasteiger charge is -2.08. The van der Waals surface area contributed by atoms with E-state index in [0.717, 1.165) is 35.0 Å². The van der Waals surface area contributed by atoms with Crippen LogP contribution in [0, 0.1) is 13.8 Å². The summed E-state index contributed by atoms with van der Waals surface area (Å²) < 4.78 is 1.78. The van der Waals surface area contributed by atoms with Crippen molar-refractivity contribution < 1.29 is 5.11 Å².